The van der Waals surface area contributed by atoms with Gasteiger partial charge >= 0.3 is 0 Å². The molecule has 0 radical (unpaired) electrons. The Kier molecular flexibility index (Phi) is 4.08. The Hall–Kier alpha value is -2.17. The fourth-order valence-electron chi connectivity index (χ4n) is 3.26. The van der Waals surface area contributed by atoms with E-state index in [4.69, 9.17) is 10.1 Å². The number of benzene rings is 1. The van der Waals surface area contributed by atoms with E-state index < -0.39 is 0 Å². The first-order valence-corrected chi connectivity index (χ1v) is 9.12. The molecule has 0 unspecified atom stereocenters. The molecular formula is C19H24N4O. The van der Waals surface area contributed by atoms with Gasteiger partial charge in [0.25, 0.3) is 0 Å². The summed E-state index contributed by atoms with van der Waals surface area (Å²) in [5.41, 5.74) is 2.07. The Morgan fingerprint density at radius 1 is 1.21 bits per heavy atom. The summed E-state index contributed by atoms with van der Waals surface area (Å²) in [6.07, 6.45) is 6.31. The largest absolute Gasteiger partial charge is 0.312 e. The number of hydrogen-bond acceptors (Lipinski definition) is 3. The molecule has 1 amide bonds. The molecule has 5 heteroatoms. The van der Waals surface area contributed by atoms with Crippen molar-refractivity contribution in [2.45, 2.75) is 57.9 Å². The molecule has 0 atom stereocenters. The molecule has 1 saturated carbocycles. The van der Waals surface area contributed by atoms with Crippen LogP contribution < -0.4 is 4.90 Å². The molecule has 2 aliphatic rings. The smallest absolute Gasteiger partial charge is 0.227 e. The van der Waals surface area contributed by atoms with Gasteiger partial charge in [0, 0.05) is 36.7 Å². The maximum absolute atomic E-state index is 11.9. The summed E-state index contributed by atoms with van der Waals surface area (Å²) >= 11 is 0. The molecule has 24 heavy (non-hydrogen) atoms. The number of rotatable bonds is 6. The van der Waals surface area contributed by atoms with Gasteiger partial charge in [0.05, 0.1) is 0 Å². The Balaban J connectivity index is 1.61. The second-order valence-corrected chi connectivity index (χ2v) is 6.84. The van der Waals surface area contributed by atoms with Crippen LogP contribution in [0.1, 0.15) is 57.2 Å². The third-order valence-corrected chi connectivity index (χ3v) is 4.86. The zero-order valence-corrected chi connectivity index (χ0v) is 14.2. The molecule has 0 bridgehead atoms. The summed E-state index contributed by atoms with van der Waals surface area (Å²) in [4.78, 5) is 18.6. The average Bonchev–Trinajstić information content (AvgIpc) is 3.23. The first-order chi connectivity index (χ1) is 11.8. The zero-order chi connectivity index (χ0) is 16.5. The van der Waals surface area contributed by atoms with Gasteiger partial charge in [0.2, 0.25) is 5.91 Å². The predicted molar refractivity (Wildman–Crippen MR) is 93.9 cm³/mol. The number of carbonyl (C=O) groups excluding carboxylic acids is 1. The van der Waals surface area contributed by atoms with Crippen LogP contribution in [-0.2, 0) is 11.3 Å². The van der Waals surface area contributed by atoms with Gasteiger partial charge in [-0.3, -0.25) is 4.79 Å². The maximum Gasteiger partial charge on any atom is 0.227 e. The Bertz CT molecular complexity index is 730. The van der Waals surface area contributed by atoms with Gasteiger partial charge < -0.3 is 4.90 Å². The summed E-state index contributed by atoms with van der Waals surface area (Å²) in [6, 6.07) is 8.22. The molecule has 5 nitrogen and oxygen atoms in total. The molecular weight excluding hydrogens is 300 g/mol. The molecule has 2 fully saturated rings. The maximum atomic E-state index is 11.9. The van der Waals surface area contributed by atoms with Crippen LogP contribution in [0.2, 0.25) is 0 Å². The normalized spacial score (nSPS) is 17.7. The Morgan fingerprint density at radius 2 is 2.00 bits per heavy atom. The van der Waals surface area contributed by atoms with Crippen LogP contribution in [0.5, 0.6) is 0 Å². The molecule has 2 aromatic rings. The van der Waals surface area contributed by atoms with Crippen molar-refractivity contribution in [2.24, 2.45) is 0 Å². The topological polar surface area (TPSA) is 51.0 Å². The standard InChI is InChI=1S/C19H24N4O/c1-2-3-13-23-19(20-18(21-23)14-6-7-14)15-8-10-16(11-9-15)22-12-4-5-17(22)24/h8-11,14H,2-7,12-13H2,1H3. The van der Waals surface area contributed by atoms with Gasteiger partial charge in [-0.25, -0.2) is 9.67 Å². The molecule has 1 aliphatic carbocycles. The van der Waals surface area contributed by atoms with Crippen LogP contribution in [0.4, 0.5) is 5.69 Å². The molecule has 4 rings (SSSR count). The van der Waals surface area contributed by atoms with Crippen LogP contribution in [0.15, 0.2) is 24.3 Å². The predicted octanol–water partition coefficient (Wildman–Crippen LogP) is 3.75. The Morgan fingerprint density at radius 3 is 2.62 bits per heavy atom. The highest BCUT2D eigenvalue weighted by atomic mass is 16.2. The van der Waals surface area contributed by atoms with E-state index in [1.165, 1.54) is 12.8 Å². The lowest BCUT2D eigenvalue weighted by Gasteiger charge is -2.15. The monoisotopic (exact) mass is 324 g/mol. The first kappa shape index (κ1) is 15.4. The zero-order valence-electron chi connectivity index (χ0n) is 14.2. The second-order valence-electron chi connectivity index (χ2n) is 6.84. The minimum Gasteiger partial charge on any atom is -0.312 e. The number of nitrogens with zero attached hydrogens (tertiary/aromatic N) is 4. The summed E-state index contributed by atoms with van der Waals surface area (Å²) < 4.78 is 2.06. The summed E-state index contributed by atoms with van der Waals surface area (Å²) in [6.45, 7) is 3.94. The molecule has 0 N–H and O–H groups in total. The van der Waals surface area contributed by atoms with Crippen molar-refractivity contribution in [3.8, 4) is 11.4 Å². The van der Waals surface area contributed by atoms with Gasteiger partial charge in [0.15, 0.2) is 11.6 Å². The molecule has 1 aromatic carbocycles. The fraction of sp³-hybridized carbons (Fsp3) is 0.526. The molecule has 0 spiro atoms. The third-order valence-electron chi connectivity index (χ3n) is 4.86. The lowest BCUT2D eigenvalue weighted by molar-refractivity contribution is -0.117. The number of unbranched alkanes of at least 4 members (excludes halogenated alkanes) is 1. The summed E-state index contributed by atoms with van der Waals surface area (Å²) in [5, 5.41) is 4.74. The number of carbonyl (C=O) groups is 1. The van der Waals surface area contributed by atoms with Crippen molar-refractivity contribution in [3.05, 3.63) is 30.1 Å². The minimum absolute atomic E-state index is 0.227. The molecule has 1 saturated heterocycles. The lowest BCUT2D eigenvalue weighted by Crippen LogP contribution is -2.23. The summed E-state index contributed by atoms with van der Waals surface area (Å²) in [5.74, 6) is 2.75. The highest BCUT2D eigenvalue weighted by Crippen LogP contribution is 2.39. The van der Waals surface area contributed by atoms with Crippen LogP contribution >= 0.6 is 0 Å². The molecule has 1 aromatic heterocycles. The number of hydrogen-bond donors (Lipinski definition) is 0. The first-order valence-electron chi connectivity index (χ1n) is 9.12. The minimum atomic E-state index is 0.227. The molecule has 126 valence electrons. The number of anilines is 1. The van der Waals surface area contributed by atoms with Gasteiger partial charge in [-0.15, -0.1) is 0 Å². The van der Waals surface area contributed by atoms with Gasteiger partial charge in [-0.05, 0) is 49.9 Å². The van der Waals surface area contributed by atoms with Crippen LogP contribution in [0.3, 0.4) is 0 Å². The highest BCUT2D eigenvalue weighted by molar-refractivity contribution is 5.95. The van der Waals surface area contributed by atoms with Gasteiger partial charge in [-0.1, -0.05) is 13.3 Å². The third kappa shape index (κ3) is 2.95. The lowest BCUT2D eigenvalue weighted by atomic mass is 10.2. The van der Waals surface area contributed by atoms with Crippen molar-refractivity contribution in [2.75, 3.05) is 11.4 Å². The average molecular weight is 324 g/mol. The van der Waals surface area contributed by atoms with E-state index in [0.717, 1.165) is 55.3 Å². The summed E-state index contributed by atoms with van der Waals surface area (Å²) in [7, 11) is 0. The van der Waals surface area contributed by atoms with E-state index in [1.807, 2.05) is 17.0 Å². The van der Waals surface area contributed by atoms with Crippen molar-refractivity contribution >= 4 is 11.6 Å². The van der Waals surface area contributed by atoms with E-state index in [9.17, 15) is 4.79 Å². The number of aromatic nitrogens is 3. The Labute approximate surface area is 142 Å². The highest BCUT2D eigenvalue weighted by Gasteiger charge is 2.29. The number of aryl methyl sites for hydroxylation is 1. The molecule has 2 heterocycles. The van der Waals surface area contributed by atoms with Crippen molar-refractivity contribution in [3.63, 3.8) is 0 Å². The van der Waals surface area contributed by atoms with E-state index in [1.54, 1.807) is 0 Å². The van der Waals surface area contributed by atoms with E-state index >= 15 is 0 Å². The molecule has 1 aliphatic heterocycles. The van der Waals surface area contributed by atoms with Crippen LogP contribution in [-0.4, -0.2) is 27.2 Å². The van der Waals surface area contributed by atoms with Gasteiger partial charge in [0.1, 0.15) is 0 Å². The van der Waals surface area contributed by atoms with Crippen molar-refractivity contribution < 1.29 is 4.79 Å². The SMILES string of the molecule is CCCCn1nc(C2CC2)nc1-c1ccc(N2CCCC2=O)cc1. The van der Waals surface area contributed by atoms with Crippen molar-refractivity contribution in [1.29, 1.82) is 0 Å². The van der Waals surface area contributed by atoms with E-state index in [-0.39, 0.29) is 5.91 Å². The number of amides is 1. The fourth-order valence-corrected chi connectivity index (χ4v) is 3.26. The van der Waals surface area contributed by atoms with Crippen LogP contribution in [0.25, 0.3) is 11.4 Å². The second kappa shape index (κ2) is 6.38. The quantitative estimate of drug-likeness (QED) is 0.813. The van der Waals surface area contributed by atoms with E-state index in [0.29, 0.717) is 12.3 Å². The van der Waals surface area contributed by atoms with Gasteiger partial charge in [-0.2, -0.15) is 5.10 Å². The van der Waals surface area contributed by atoms with Crippen molar-refractivity contribution in [1.82, 2.24) is 14.8 Å². The van der Waals surface area contributed by atoms with E-state index in [2.05, 4.69) is 23.7 Å². The van der Waals surface area contributed by atoms with Crippen LogP contribution in [0, 0.1) is 0 Å².